The lowest BCUT2D eigenvalue weighted by atomic mass is 10.1. The summed E-state index contributed by atoms with van der Waals surface area (Å²) in [6, 6.07) is 20.1. The van der Waals surface area contributed by atoms with Gasteiger partial charge < -0.3 is 15.5 Å². The van der Waals surface area contributed by atoms with Crippen LogP contribution in [0.1, 0.15) is 45.5 Å². The molecule has 36 heavy (non-hydrogen) atoms. The van der Waals surface area contributed by atoms with Crippen molar-refractivity contribution >= 4 is 46.2 Å². The van der Waals surface area contributed by atoms with Crippen molar-refractivity contribution in [2.24, 2.45) is 0 Å². The maximum Gasteiger partial charge on any atom is 0.255 e. The molecule has 0 bridgehead atoms. The third kappa shape index (κ3) is 4.93. The number of carbonyl (C=O) groups excluding carboxylic acids is 3. The Labute approximate surface area is 208 Å². The van der Waals surface area contributed by atoms with Gasteiger partial charge >= 0.3 is 0 Å². The highest BCUT2D eigenvalue weighted by molar-refractivity contribution is 6.05. The molecule has 0 saturated carbocycles. The number of hydrogen-bond acceptors (Lipinski definition) is 6. The molecule has 2 heterocycles. The summed E-state index contributed by atoms with van der Waals surface area (Å²) in [6.07, 6.45) is 4.71. The number of aromatic nitrogens is 2. The summed E-state index contributed by atoms with van der Waals surface area (Å²) in [5, 5.41) is 7.00. The SMILES string of the molecule is O=Cc1cccc2c(NCc3cccc(NC(=O)c4ccc(N5CCCCC5=O)cc4)c3)ncnc12. The molecule has 0 spiro atoms. The van der Waals surface area contributed by atoms with E-state index in [2.05, 4.69) is 20.6 Å². The largest absolute Gasteiger partial charge is 0.365 e. The fourth-order valence-electron chi connectivity index (χ4n) is 4.37. The van der Waals surface area contributed by atoms with Crippen LogP contribution in [0.5, 0.6) is 0 Å². The number of rotatable bonds is 7. The molecule has 0 unspecified atom stereocenters. The molecule has 2 N–H and O–H groups in total. The maximum absolute atomic E-state index is 12.8. The third-order valence-electron chi connectivity index (χ3n) is 6.23. The van der Waals surface area contributed by atoms with E-state index in [0.29, 0.717) is 47.7 Å². The second-order valence-corrected chi connectivity index (χ2v) is 8.64. The fraction of sp³-hybridized carbons (Fsp3) is 0.179. The Bertz CT molecular complexity index is 1440. The summed E-state index contributed by atoms with van der Waals surface area (Å²) in [5.74, 6) is 0.535. The van der Waals surface area contributed by atoms with E-state index in [1.807, 2.05) is 42.5 Å². The van der Waals surface area contributed by atoms with Crippen LogP contribution < -0.4 is 15.5 Å². The molecule has 8 heteroatoms. The van der Waals surface area contributed by atoms with E-state index in [9.17, 15) is 14.4 Å². The highest BCUT2D eigenvalue weighted by atomic mass is 16.2. The summed E-state index contributed by atoms with van der Waals surface area (Å²) >= 11 is 0. The van der Waals surface area contributed by atoms with E-state index in [-0.39, 0.29) is 11.8 Å². The Balaban J connectivity index is 1.25. The van der Waals surface area contributed by atoms with Crippen LogP contribution in [0.4, 0.5) is 17.2 Å². The van der Waals surface area contributed by atoms with Gasteiger partial charge in [0.1, 0.15) is 12.1 Å². The maximum atomic E-state index is 12.8. The average molecular weight is 480 g/mol. The lowest BCUT2D eigenvalue weighted by molar-refractivity contribution is -0.119. The predicted octanol–water partition coefficient (Wildman–Crippen LogP) is 4.82. The number of anilines is 3. The molecule has 1 aliphatic heterocycles. The Kier molecular flexibility index (Phi) is 6.66. The number of nitrogens with one attached hydrogen (secondary N) is 2. The van der Waals surface area contributed by atoms with Crippen LogP contribution in [0.2, 0.25) is 0 Å². The van der Waals surface area contributed by atoms with Crippen LogP contribution in [0.15, 0.2) is 73.1 Å². The molecule has 0 radical (unpaired) electrons. The number of para-hydroxylation sites is 1. The van der Waals surface area contributed by atoms with Gasteiger partial charge in [0.15, 0.2) is 6.29 Å². The van der Waals surface area contributed by atoms with Crippen molar-refractivity contribution in [3.8, 4) is 0 Å². The van der Waals surface area contributed by atoms with Gasteiger partial charge in [0.25, 0.3) is 5.91 Å². The fourth-order valence-corrected chi connectivity index (χ4v) is 4.37. The molecule has 5 rings (SSSR count). The quantitative estimate of drug-likeness (QED) is 0.368. The first kappa shape index (κ1) is 23.2. The van der Waals surface area contributed by atoms with Crippen LogP contribution in [0.25, 0.3) is 10.9 Å². The summed E-state index contributed by atoms with van der Waals surface area (Å²) in [5.41, 5.74) is 4.07. The highest BCUT2D eigenvalue weighted by Gasteiger charge is 2.19. The number of fused-ring (bicyclic) bond motifs is 1. The molecule has 3 aromatic carbocycles. The molecule has 0 atom stereocenters. The topological polar surface area (TPSA) is 104 Å². The molecule has 1 aromatic heterocycles. The first-order valence-electron chi connectivity index (χ1n) is 11.9. The zero-order valence-electron chi connectivity index (χ0n) is 19.6. The predicted molar refractivity (Wildman–Crippen MR) is 139 cm³/mol. The number of hydrogen-bond donors (Lipinski definition) is 2. The summed E-state index contributed by atoms with van der Waals surface area (Å²) in [4.78, 5) is 46.6. The van der Waals surface area contributed by atoms with Gasteiger partial charge in [-0.2, -0.15) is 0 Å². The Hall–Kier alpha value is -4.59. The zero-order chi connectivity index (χ0) is 24.9. The van der Waals surface area contributed by atoms with E-state index in [0.717, 1.165) is 35.8 Å². The highest BCUT2D eigenvalue weighted by Crippen LogP contribution is 2.23. The van der Waals surface area contributed by atoms with E-state index < -0.39 is 0 Å². The molecular formula is C28H25N5O3. The van der Waals surface area contributed by atoms with Crippen molar-refractivity contribution in [2.75, 3.05) is 22.1 Å². The van der Waals surface area contributed by atoms with Gasteiger partial charge in [-0.3, -0.25) is 14.4 Å². The van der Waals surface area contributed by atoms with Crippen LogP contribution in [0, 0.1) is 0 Å². The van der Waals surface area contributed by atoms with E-state index in [1.165, 1.54) is 6.33 Å². The van der Waals surface area contributed by atoms with Crippen molar-refractivity contribution in [1.29, 1.82) is 0 Å². The van der Waals surface area contributed by atoms with Gasteiger partial charge in [-0.25, -0.2) is 9.97 Å². The van der Waals surface area contributed by atoms with Crippen molar-refractivity contribution < 1.29 is 14.4 Å². The van der Waals surface area contributed by atoms with Crippen LogP contribution >= 0.6 is 0 Å². The van der Waals surface area contributed by atoms with Gasteiger partial charge in [-0.1, -0.05) is 18.2 Å². The minimum atomic E-state index is -0.222. The van der Waals surface area contributed by atoms with Crippen LogP contribution in [-0.4, -0.2) is 34.6 Å². The number of benzene rings is 3. The molecule has 4 aromatic rings. The van der Waals surface area contributed by atoms with E-state index >= 15 is 0 Å². The van der Waals surface area contributed by atoms with Crippen LogP contribution in [0.3, 0.4) is 0 Å². The molecule has 2 amide bonds. The van der Waals surface area contributed by atoms with Crippen molar-refractivity contribution in [2.45, 2.75) is 25.8 Å². The van der Waals surface area contributed by atoms with E-state index in [4.69, 9.17) is 0 Å². The number of aldehydes is 1. The van der Waals surface area contributed by atoms with Gasteiger partial charge in [0, 0.05) is 47.4 Å². The lowest BCUT2D eigenvalue weighted by Crippen LogP contribution is -2.35. The van der Waals surface area contributed by atoms with Gasteiger partial charge in [-0.15, -0.1) is 0 Å². The lowest BCUT2D eigenvalue weighted by Gasteiger charge is -2.26. The van der Waals surface area contributed by atoms with Crippen molar-refractivity contribution in [3.05, 3.63) is 89.7 Å². The third-order valence-corrected chi connectivity index (χ3v) is 6.23. The van der Waals surface area contributed by atoms with E-state index in [1.54, 1.807) is 29.2 Å². The minimum absolute atomic E-state index is 0.128. The average Bonchev–Trinajstić information content (AvgIpc) is 2.92. The molecule has 1 fully saturated rings. The zero-order valence-corrected chi connectivity index (χ0v) is 19.6. The number of piperidine rings is 1. The number of amides is 2. The number of carbonyl (C=O) groups is 3. The second-order valence-electron chi connectivity index (χ2n) is 8.64. The van der Waals surface area contributed by atoms with Gasteiger partial charge in [0.2, 0.25) is 5.91 Å². The second kappa shape index (κ2) is 10.4. The monoisotopic (exact) mass is 479 g/mol. The molecule has 8 nitrogen and oxygen atoms in total. The molecule has 1 aliphatic rings. The van der Waals surface area contributed by atoms with Crippen molar-refractivity contribution in [3.63, 3.8) is 0 Å². The molecule has 180 valence electrons. The molecule has 1 saturated heterocycles. The minimum Gasteiger partial charge on any atom is -0.365 e. The standard InChI is InChI=1S/C28H25N5O3/c34-17-21-6-4-8-24-26(21)30-18-31-27(24)29-16-19-5-3-7-22(15-19)32-28(36)20-10-12-23(13-11-20)33-14-2-1-9-25(33)35/h3-8,10-13,15,17-18H,1-2,9,14,16H2,(H,32,36)(H,29,30,31). The summed E-state index contributed by atoms with van der Waals surface area (Å²) in [7, 11) is 0. The Morgan fingerprint density at radius 1 is 1.00 bits per heavy atom. The Morgan fingerprint density at radius 3 is 2.64 bits per heavy atom. The van der Waals surface area contributed by atoms with Gasteiger partial charge in [-0.05, 0) is 66.9 Å². The normalized spacial score (nSPS) is 13.4. The summed E-state index contributed by atoms with van der Waals surface area (Å²) in [6.45, 7) is 1.19. The van der Waals surface area contributed by atoms with Crippen LogP contribution in [-0.2, 0) is 11.3 Å². The number of nitrogens with zero attached hydrogens (tertiary/aromatic N) is 3. The Morgan fingerprint density at radius 2 is 1.83 bits per heavy atom. The van der Waals surface area contributed by atoms with Gasteiger partial charge in [0.05, 0.1) is 5.52 Å². The smallest absolute Gasteiger partial charge is 0.255 e. The van der Waals surface area contributed by atoms with Crippen molar-refractivity contribution in [1.82, 2.24) is 9.97 Å². The summed E-state index contributed by atoms with van der Waals surface area (Å²) < 4.78 is 0. The first-order chi connectivity index (χ1) is 17.6. The molecule has 0 aliphatic carbocycles. The first-order valence-corrected chi connectivity index (χ1v) is 11.9. The molecular weight excluding hydrogens is 454 g/mol.